The van der Waals surface area contributed by atoms with Crippen LogP contribution in [0.25, 0.3) is 11.4 Å². The second kappa shape index (κ2) is 4.65. The van der Waals surface area contributed by atoms with E-state index < -0.39 is 0 Å². The Balaban J connectivity index is 2.37. The van der Waals surface area contributed by atoms with Crippen LogP contribution >= 0.6 is 0 Å². The van der Waals surface area contributed by atoms with E-state index in [2.05, 4.69) is 15.1 Å². The van der Waals surface area contributed by atoms with E-state index >= 15 is 0 Å². The second-order valence-electron chi connectivity index (χ2n) is 3.39. The van der Waals surface area contributed by atoms with Gasteiger partial charge in [0.2, 0.25) is 0 Å². The van der Waals surface area contributed by atoms with E-state index in [9.17, 15) is 4.79 Å². The summed E-state index contributed by atoms with van der Waals surface area (Å²) in [5.41, 5.74) is 2.56. The van der Waals surface area contributed by atoms with E-state index in [0.29, 0.717) is 13.0 Å². The summed E-state index contributed by atoms with van der Waals surface area (Å²) >= 11 is 0. The topological polar surface area (TPSA) is 60.7 Å². The Hall–Kier alpha value is -2.04. The fraction of sp³-hybridized carbons (Fsp3) is 0.273. The zero-order chi connectivity index (χ0) is 11.4. The highest BCUT2D eigenvalue weighted by atomic mass is 16.1. The zero-order valence-electron chi connectivity index (χ0n) is 9.00. The molecule has 2 rings (SSSR count). The summed E-state index contributed by atoms with van der Waals surface area (Å²) in [6, 6.07) is 1.88. The molecule has 0 amide bonds. The average Bonchev–Trinajstić information content (AvgIpc) is 2.75. The lowest BCUT2D eigenvalue weighted by Crippen LogP contribution is -2.04. The van der Waals surface area contributed by atoms with Gasteiger partial charge in [-0.25, -0.2) is 0 Å². The molecule has 5 heteroatoms. The van der Waals surface area contributed by atoms with Crippen LogP contribution in [0.5, 0.6) is 0 Å². The van der Waals surface area contributed by atoms with Gasteiger partial charge in [0.1, 0.15) is 12.0 Å². The van der Waals surface area contributed by atoms with E-state index in [0.717, 1.165) is 23.4 Å². The van der Waals surface area contributed by atoms with Gasteiger partial charge < -0.3 is 4.79 Å². The summed E-state index contributed by atoms with van der Waals surface area (Å²) < 4.78 is 1.77. The molecule has 0 fully saturated rings. The molecule has 0 N–H and O–H groups in total. The molecular weight excluding hydrogens is 204 g/mol. The molecule has 82 valence electrons. The van der Waals surface area contributed by atoms with Gasteiger partial charge in [0.25, 0.3) is 0 Å². The highest BCUT2D eigenvalue weighted by Gasteiger charge is 2.09. The van der Waals surface area contributed by atoms with Crippen LogP contribution in [-0.2, 0) is 11.3 Å². The summed E-state index contributed by atoms with van der Waals surface area (Å²) in [6.07, 6.45) is 6.35. The third-order valence-electron chi connectivity index (χ3n) is 2.30. The predicted molar refractivity (Wildman–Crippen MR) is 58.7 cm³/mol. The van der Waals surface area contributed by atoms with Gasteiger partial charge in [-0.1, -0.05) is 0 Å². The molecule has 0 aliphatic heterocycles. The van der Waals surface area contributed by atoms with Crippen LogP contribution in [0.15, 0.2) is 24.7 Å². The first kappa shape index (κ1) is 10.5. The van der Waals surface area contributed by atoms with E-state index in [4.69, 9.17) is 0 Å². The minimum atomic E-state index is 0.452. The van der Waals surface area contributed by atoms with E-state index in [1.54, 1.807) is 23.3 Å². The number of aryl methyl sites for hydroxylation is 2. The van der Waals surface area contributed by atoms with E-state index in [1.807, 2.05) is 13.0 Å². The number of hydrogen-bond acceptors (Lipinski definition) is 4. The van der Waals surface area contributed by atoms with Crippen molar-refractivity contribution < 1.29 is 4.79 Å². The van der Waals surface area contributed by atoms with E-state index in [1.165, 1.54) is 0 Å². The van der Waals surface area contributed by atoms with Gasteiger partial charge in [-0.05, 0) is 13.0 Å². The SMILES string of the molecule is Cc1nccnc1-c1ccnn1CCC=O. The molecule has 0 saturated heterocycles. The number of aldehydes is 1. The molecule has 2 aromatic rings. The second-order valence-corrected chi connectivity index (χ2v) is 3.39. The monoisotopic (exact) mass is 216 g/mol. The third kappa shape index (κ3) is 1.98. The molecule has 0 atom stereocenters. The molecule has 0 spiro atoms. The van der Waals surface area contributed by atoms with Crippen molar-refractivity contribution in [2.24, 2.45) is 0 Å². The predicted octanol–water partition coefficient (Wildman–Crippen LogP) is 1.24. The van der Waals surface area contributed by atoms with Crippen molar-refractivity contribution in [2.75, 3.05) is 0 Å². The van der Waals surface area contributed by atoms with Gasteiger partial charge in [0.15, 0.2) is 0 Å². The maximum Gasteiger partial charge on any atom is 0.121 e. The Kier molecular flexibility index (Phi) is 3.05. The number of carbonyl (C=O) groups excluding carboxylic acids is 1. The summed E-state index contributed by atoms with van der Waals surface area (Å²) in [5.74, 6) is 0. The molecule has 0 aliphatic carbocycles. The first-order valence-electron chi connectivity index (χ1n) is 5.06. The molecule has 0 radical (unpaired) electrons. The lowest BCUT2D eigenvalue weighted by molar-refractivity contribution is -0.108. The quantitative estimate of drug-likeness (QED) is 0.721. The lowest BCUT2D eigenvalue weighted by atomic mass is 10.2. The van der Waals surface area contributed by atoms with Crippen molar-refractivity contribution in [2.45, 2.75) is 19.9 Å². The van der Waals surface area contributed by atoms with Crippen LogP contribution in [0, 0.1) is 6.92 Å². The summed E-state index contributed by atoms with van der Waals surface area (Å²) in [6.45, 7) is 2.47. The van der Waals surface area contributed by atoms with Crippen LogP contribution in [-0.4, -0.2) is 26.0 Å². The molecule has 2 aromatic heterocycles. The Morgan fingerprint density at radius 3 is 2.88 bits per heavy atom. The lowest BCUT2D eigenvalue weighted by Gasteiger charge is -2.06. The maximum absolute atomic E-state index is 10.3. The Bertz CT molecular complexity index is 492. The first-order chi connectivity index (χ1) is 7.83. The average molecular weight is 216 g/mol. The molecule has 5 nitrogen and oxygen atoms in total. The fourth-order valence-electron chi connectivity index (χ4n) is 1.55. The number of carbonyl (C=O) groups is 1. The van der Waals surface area contributed by atoms with Gasteiger partial charge >= 0.3 is 0 Å². The van der Waals surface area contributed by atoms with Crippen molar-refractivity contribution in [3.63, 3.8) is 0 Å². The van der Waals surface area contributed by atoms with Crippen LogP contribution < -0.4 is 0 Å². The Morgan fingerprint density at radius 1 is 1.31 bits per heavy atom. The van der Waals surface area contributed by atoms with Crippen LogP contribution in [0.3, 0.4) is 0 Å². The van der Waals surface area contributed by atoms with Crippen molar-refractivity contribution in [3.05, 3.63) is 30.4 Å². The number of nitrogens with zero attached hydrogens (tertiary/aromatic N) is 4. The van der Waals surface area contributed by atoms with Crippen molar-refractivity contribution in [3.8, 4) is 11.4 Å². The minimum absolute atomic E-state index is 0.452. The maximum atomic E-state index is 10.3. The number of hydrogen-bond donors (Lipinski definition) is 0. The highest BCUT2D eigenvalue weighted by Crippen LogP contribution is 2.18. The molecule has 0 aromatic carbocycles. The molecule has 0 aliphatic rings. The summed E-state index contributed by atoms with van der Waals surface area (Å²) in [5, 5.41) is 4.16. The van der Waals surface area contributed by atoms with Gasteiger partial charge in [-0.3, -0.25) is 14.6 Å². The smallest absolute Gasteiger partial charge is 0.121 e. The van der Waals surface area contributed by atoms with Crippen LogP contribution in [0.4, 0.5) is 0 Å². The number of rotatable bonds is 4. The molecule has 2 heterocycles. The van der Waals surface area contributed by atoms with Gasteiger partial charge in [-0.2, -0.15) is 5.10 Å². The summed E-state index contributed by atoms with van der Waals surface area (Å²) in [4.78, 5) is 18.8. The van der Waals surface area contributed by atoms with Crippen molar-refractivity contribution in [1.29, 1.82) is 0 Å². The Morgan fingerprint density at radius 2 is 2.12 bits per heavy atom. The minimum Gasteiger partial charge on any atom is -0.303 e. The molecule has 0 unspecified atom stereocenters. The molecule has 16 heavy (non-hydrogen) atoms. The van der Waals surface area contributed by atoms with Gasteiger partial charge in [0.05, 0.1) is 11.4 Å². The standard InChI is InChI=1S/C11H12N4O/c1-9-11(13-6-5-12-9)10-3-4-14-15(10)7-2-8-16/h3-6,8H,2,7H2,1H3. The first-order valence-corrected chi connectivity index (χ1v) is 5.06. The highest BCUT2D eigenvalue weighted by molar-refractivity contribution is 5.56. The third-order valence-corrected chi connectivity index (χ3v) is 2.30. The summed E-state index contributed by atoms with van der Waals surface area (Å²) in [7, 11) is 0. The van der Waals surface area contributed by atoms with Gasteiger partial charge in [0, 0.05) is 31.6 Å². The molecular formula is C11H12N4O. The molecule has 0 bridgehead atoms. The van der Waals surface area contributed by atoms with Crippen LogP contribution in [0.1, 0.15) is 12.1 Å². The van der Waals surface area contributed by atoms with E-state index in [-0.39, 0.29) is 0 Å². The van der Waals surface area contributed by atoms with Crippen LogP contribution in [0.2, 0.25) is 0 Å². The Labute approximate surface area is 93.2 Å². The largest absolute Gasteiger partial charge is 0.303 e. The normalized spacial score (nSPS) is 10.3. The fourth-order valence-corrected chi connectivity index (χ4v) is 1.55. The number of aromatic nitrogens is 4. The molecule has 0 saturated carbocycles. The van der Waals surface area contributed by atoms with Crippen molar-refractivity contribution >= 4 is 6.29 Å². The van der Waals surface area contributed by atoms with Crippen molar-refractivity contribution in [1.82, 2.24) is 19.7 Å². The zero-order valence-corrected chi connectivity index (χ0v) is 9.00. The van der Waals surface area contributed by atoms with Gasteiger partial charge in [-0.15, -0.1) is 0 Å².